The van der Waals surface area contributed by atoms with Crippen molar-refractivity contribution in [2.75, 3.05) is 26.5 Å². The van der Waals surface area contributed by atoms with Crippen molar-refractivity contribution < 1.29 is 14.3 Å². The first-order chi connectivity index (χ1) is 14.1. The van der Waals surface area contributed by atoms with Crippen molar-refractivity contribution in [2.24, 2.45) is 0 Å². The number of rotatable bonds is 9. The normalized spacial score (nSPS) is 10.6. The standard InChI is InChI=1S/C21H24N4O3S/c1-4-28-18-9-5-15(6-10-18)13-25(2)19(26)14-29-21-22-20(23-24-21)16-7-11-17(27-3)12-8-16/h5-12H,4,13-14H2,1-3H3,(H,22,23,24). The number of carbonyl (C=O) groups excluding carboxylic acids is 1. The molecule has 0 radical (unpaired) electrons. The lowest BCUT2D eigenvalue weighted by Gasteiger charge is -2.17. The zero-order valence-electron chi connectivity index (χ0n) is 16.7. The van der Waals surface area contributed by atoms with Gasteiger partial charge in [0.15, 0.2) is 5.82 Å². The van der Waals surface area contributed by atoms with E-state index in [9.17, 15) is 4.79 Å². The van der Waals surface area contributed by atoms with Gasteiger partial charge < -0.3 is 14.4 Å². The number of aromatic nitrogens is 3. The molecule has 29 heavy (non-hydrogen) atoms. The number of amides is 1. The molecule has 8 heteroatoms. The van der Waals surface area contributed by atoms with Gasteiger partial charge in [-0.1, -0.05) is 23.9 Å². The Kier molecular flexibility index (Phi) is 7.13. The zero-order valence-corrected chi connectivity index (χ0v) is 17.5. The molecule has 3 aromatic rings. The van der Waals surface area contributed by atoms with Crippen LogP contribution in [-0.4, -0.2) is 52.5 Å². The van der Waals surface area contributed by atoms with Gasteiger partial charge in [0.2, 0.25) is 11.1 Å². The molecule has 2 aromatic carbocycles. The van der Waals surface area contributed by atoms with Gasteiger partial charge in [-0.15, -0.1) is 5.10 Å². The lowest BCUT2D eigenvalue weighted by atomic mass is 10.2. The van der Waals surface area contributed by atoms with E-state index in [1.165, 1.54) is 11.8 Å². The first-order valence-corrected chi connectivity index (χ1v) is 10.2. The van der Waals surface area contributed by atoms with Crippen molar-refractivity contribution in [3.63, 3.8) is 0 Å². The lowest BCUT2D eigenvalue weighted by molar-refractivity contribution is -0.127. The average molecular weight is 413 g/mol. The summed E-state index contributed by atoms with van der Waals surface area (Å²) in [7, 11) is 3.42. The van der Waals surface area contributed by atoms with Gasteiger partial charge in [0.25, 0.3) is 0 Å². The Morgan fingerprint density at radius 1 is 1.10 bits per heavy atom. The van der Waals surface area contributed by atoms with E-state index >= 15 is 0 Å². The first-order valence-electron chi connectivity index (χ1n) is 9.24. The Hall–Kier alpha value is -3.00. The summed E-state index contributed by atoms with van der Waals surface area (Å²) >= 11 is 1.31. The van der Waals surface area contributed by atoms with Crippen LogP contribution >= 0.6 is 11.8 Å². The molecule has 1 aromatic heterocycles. The number of aromatic amines is 1. The van der Waals surface area contributed by atoms with Crippen LogP contribution < -0.4 is 9.47 Å². The summed E-state index contributed by atoms with van der Waals surface area (Å²) in [5, 5.41) is 7.64. The molecule has 0 saturated carbocycles. The molecule has 0 spiro atoms. The van der Waals surface area contributed by atoms with Crippen LogP contribution in [0.4, 0.5) is 0 Å². The minimum atomic E-state index is 0.0136. The van der Waals surface area contributed by atoms with Gasteiger partial charge in [-0.25, -0.2) is 4.98 Å². The predicted molar refractivity (Wildman–Crippen MR) is 113 cm³/mol. The average Bonchev–Trinajstić information content (AvgIpc) is 3.22. The van der Waals surface area contributed by atoms with E-state index in [0.29, 0.717) is 24.1 Å². The number of hydrogen-bond acceptors (Lipinski definition) is 6. The first kappa shape index (κ1) is 20.7. The molecule has 0 aliphatic rings. The summed E-state index contributed by atoms with van der Waals surface area (Å²) < 4.78 is 10.6. The summed E-state index contributed by atoms with van der Waals surface area (Å²) in [6.45, 7) is 3.12. The molecule has 7 nitrogen and oxygen atoms in total. The second-order valence-corrected chi connectivity index (χ2v) is 7.25. The number of nitrogens with zero attached hydrogens (tertiary/aromatic N) is 3. The Labute approximate surface area is 174 Å². The quantitative estimate of drug-likeness (QED) is 0.541. The molecule has 152 valence electrons. The molecular weight excluding hydrogens is 388 g/mol. The molecule has 1 amide bonds. The maximum absolute atomic E-state index is 12.4. The van der Waals surface area contributed by atoms with Crippen LogP contribution in [0.25, 0.3) is 11.4 Å². The van der Waals surface area contributed by atoms with Gasteiger partial charge in [-0.2, -0.15) is 0 Å². The Morgan fingerprint density at radius 2 is 1.79 bits per heavy atom. The van der Waals surface area contributed by atoms with Crippen molar-refractivity contribution >= 4 is 17.7 Å². The number of carbonyl (C=O) groups is 1. The minimum Gasteiger partial charge on any atom is -0.497 e. The third kappa shape index (κ3) is 5.74. The second-order valence-electron chi connectivity index (χ2n) is 6.31. The van der Waals surface area contributed by atoms with Gasteiger partial charge in [0.05, 0.1) is 19.5 Å². The van der Waals surface area contributed by atoms with E-state index in [1.807, 2.05) is 55.5 Å². The maximum atomic E-state index is 12.4. The smallest absolute Gasteiger partial charge is 0.233 e. The largest absolute Gasteiger partial charge is 0.497 e. The molecular formula is C21H24N4O3S. The van der Waals surface area contributed by atoms with Crippen LogP contribution in [0.3, 0.4) is 0 Å². The molecule has 0 unspecified atom stereocenters. The molecule has 0 bridgehead atoms. The Balaban J connectivity index is 1.51. The fourth-order valence-electron chi connectivity index (χ4n) is 2.65. The molecule has 1 heterocycles. The molecule has 1 N–H and O–H groups in total. The molecule has 0 saturated heterocycles. The molecule has 0 fully saturated rings. The highest BCUT2D eigenvalue weighted by atomic mass is 32.2. The molecule has 0 aliphatic heterocycles. The SMILES string of the molecule is CCOc1ccc(CN(C)C(=O)CSc2n[nH]c(-c3ccc(OC)cc3)n2)cc1. The molecule has 0 atom stereocenters. The van der Waals surface area contributed by atoms with E-state index in [4.69, 9.17) is 9.47 Å². The number of nitrogens with one attached hydrogen (secondary N) is 1. The van der Waals surface area contributed by atoms with Crippen molar-refractivity contribution in [1.29, 1.82) is 0 Å². The number of methoxy groups -OCH3 is 1. The van der Waals surface area contributed by atoms with Crippen molar-refractivity contribution in [2.45, 2.75) is 18.6 Å². The van der Waals surface area contributed by atoms with E-state index in [2.05, 4.69) is 15.2 Å². The van der Waals surface area contributed by atoms with Crippen LogP contribution in [-0.2, 0) is 11.3 Å². The van der Waals surface area contributed by atoms with Crippen LogP contribution in [0.5, 0.6) is 11.5 Å². The number of ether oxygens (including phenoxy) is 2. The molecule has 3 rings (SSSR count). The summed E-state index contributed by atoms with van der Waals surface area (Å²) in [5.74, 6) is 2.56. The van der Waals surface area contributed by atoms with Gasteiger partial charge in [0, 0.05) is 19.2 Å². The summed E-state index contributed by atoms with van der Waals surface area (Å²) in [4.78, 5) is 18.6. The van der Waals surface area contributed by atoms with Crippen molar-refractivity contribution in [3.8, 4) is 22.9 Å². The summed E-state index contributed by atoms with van der Waals surface area (Å²) in [6.07, 6.45) is 0. The van der Waals surface area contributed by atoms with Gasteiger partial charge >= 0.3 is 0 Å². The third-order valence-electron chi connectivity index (χ3n) is 4.23. The number of benzene rings is 2. The van der Waals surface area contributed by atoms with Gasteiger partial charge in [-0.05, 0) is 48.9 Å². The highest BCUT2D eigenvalue weighted by Crippen LogP contribution is 2.22. The fourth-order valence-corrected chi connectivity index (χ4v) is 3.38. The fraction of sp³-hybridized carbons (Fsp3) is 0.286. The van der Waals surface area contributed by atoms with E-state index < -0.39 is 0 Å². The molecule has 0 aliphatic carbocycles. The second kappa shape index (κ2) is 9.97. The van der Waals surface area contributed by atoms with Crippen molar-refractivity contribution in [3.05, 3.63) is 54.1 Å². The number of hydrogen-bond donors (Lipinski definition) is 1. The van der Waals surface area contributed by atoms with Crippen LogP contribution in [0.2, 0.25) is 0 Å². The van der Waals surface area contributed by atoms with E-state index in [1.54, 1.807) is 19.1 Å². The topological polar surface area (TPSA) is 80.3 Å². The Morgan fingerprint density at radius 3 is 2.45 bits per heavy atom. The van der Waals surface area contributed by atoms with Crippen molar-refractivity contribution in [1.82, 2.24) is 20.1 Å². The number of H-pyrrole nitrogens is 1. The lowest BCUT2D eigenvalue weighted by Crippen LogP contribution is -2.27. The highest BCUT2D eigenvalue weighted by molar-refractivity contribution is 7.99. The van der Waals surface area contributed by atoms with Crippen LogP contribution in [0, 0.1) is 0 Å². The van der Waals surface area contributed by atoms with E-state index in [0.717, 1.165) is 22.6 Å². The van der Waals surface area contributed by atoms with Gasteiger partial charge in [0.1, 0.15) is 11.5 Å². The summed E-state index contributed by atoms with van der Waals surface area (Å²) in [6, 6.07) is 15.3. The Bertz CT molecular complexity index is 926. The van der Waals surface area contributed by atoms with E-state index in [-0.39, 0.29) is 11.7 Å². The summed E-state index contributed by atoms with van der Waals surface area (Å²) in [5.41, 5.74) is 1.96. The third-order valence-corrected chi connectivity index (χ3v) is 5.07. The van der Waals surface area contributed by atoms with Crippen LogP contribution in [0.1, 0.15) is 12.5 Å². The number of thioether (sulfide) groups is 1. The van der Waals surface area contributed by atoms with Gasteiger partial charge in [-0.3, -0.25) is 9.89 Å². The van der Waals surface area contributed by atoms with Crippen LogP contribution in [0.15, 0.2) is 53.7 Å². The zero-order chi connectivity index (χ0) is 20.6. The predicted octanol–water partition coefficient (Wildman–Crippen LogP) is 3.63. The maximum Gasteiger partial charge on any atom is 0.233 e. The highest BCUT2D eigenvalue weighted by Gasteiger charge is 2.13. The minimum absolute atomic E-state index is 0.0136. The monoisotopic (exact) mass is 412 g/mol.